The molecule has 0 spiro atoms. The van der Waals surface area contributed by atoms with Crippen molar-refractivity contribution in [1.29, 1.82) is 0 Å². The van der Waals surface area contributed by atoms with E-state index in [4.69, 9.17) is 0 Å². The molecule has 2 aromatic rings. The van der Waals surface area contributed by atoms with Crippen molar-refractivity contribution in [2.24, 2.45) is 7.05 Å². The van der Waals surface area contributed by atoms with Crippen LogP contribution in [0.2, 0.25) is 0 Å². The van der Waals surface area contributed by atoms with Crippen molar-refractivity contribution in [3.63, 3.8) is 0 Å². The fourth-order valence-corrected chi connectivity index (χ4v) is 2.81. The van der Waals surface area contributed by atoms with Crippen LogP contribution >= 0.6 is 11.3 Å². The number of aryl methyl sites for hydroxylation is 1. The Bertz CT molecular complexity index is 558. The van der Waals surface area contributed by atoms with Gasteiger partial charge in [0.1, 0.15) is 0 Å². The summed E-state index contributed by atoms with van der Waals surface area (Å²) in [5.74, 6) is 0. The van der Waals surface area contributed by atoms with E-state index in [9.17, 15) is 0 Å². The van der Waals surface area contributed by atoms with Gasteiger partial charge in [0.25, 0.3) is 0 Å². The third kappa shape index (κ3) is 2.58. The first kappa shape index (κ1) is 13.1. The van der Waals surface area contributed by atoms with E-state index in [0.29, 0.717) is 0 Å². The van der Waals surface area contributed by atoms with Gasteiger partial charge in [0, 0.05) is 34.9 Å². The molecule has 1 N–H and O–H groups in total. The molecule has 0 radical (unpaired) electrons. The number of aromatic nitrogens is 2. The summed E-state index contributed by atoms with van der Waals surface area (Å²) in [5.41, 5.74) is 4.87. The van der Waals surface area contributed by atoms with Gasteiger partial charge in [-0.1, -0.05) is 0 Å². The first-order chi connectivity index (χ1) is 8.28. The quantitative estimate of drug-likeness (QED) is 0.888. The highest BCUT2D eigenvalue weighted by atomic mass is 32.1. The van der Waals surface area contributed by atoms with E-state index >= 15 is 0 Å². The van der Waals surface area contributed by atoms with Gasteiger partial charge >= 0.3 is 0 Å². The van der Waals surface area contributed by atoms with Crippen LogP contribution in [0.5, 0.6) is 0 Å². The molecule has 2 aromatic heterocycles. The minimum absolute atomic E-state index is 0.0524. The number of anilines is 1. The summed E-state index contributed by atoms with van der Waals surface area (Å²) >= 11 is 1.66. The molecule has 0 aliphatic heterocycles. The molecule has 0 saturated heterocycles. The maximum atomic E-state index is 4.68. The van der Waals surface area contributed by atoms with Crippen molar-refractivity contribution in [2.75, 3.05) is 5.32 Å². The normalized spacial score (nSPS) is 11.9. The van der Waals surface area contributed by atoms with E-state index in [2.05, 4.69) is 68.0 Å². The first-order valence-electron chi connectivity index (χ1n) is 6.15. The number of nitrogens with one attached hydrogen (secondary N) is 1. The first-order valence-corrected chi connectivity index (χ1v) is 7.03. The Balaban J connectivity index is 2.32. The van der Waals surface area contributed by atoms with Gasteiger partial charge in [-0.3, -0.25) is 0 Å². The van der Waals surface area contributed by atoms with Crippen molar-refractivity contribution in [3.8, 4) is 11.3 Å². The van der Waals surface area contributed by atoms with Gasteiger partial charge in [0.2, 0.25) is 0 Å². The van der Waals surface area contributed by atoms with Crippen LogP contribution in [0.1, 0.15) is 32.2 Å². The summed E-state index contributed by atoms with van der Waals surface area (Å²) in [4.78, 5) is 4.68. The van der Waals surface area contributed by atoms with E-state index in [-0.39, 0.29) is 5.54 Å². The van der Waals surface area contributed by atoms with E-state index < -0.39 is 0 Å². The largest absolute Gasteiger partial charge is 0.357 e. The topological polar surface area (TPSA) is 29.9 Å². The van der Waals surface area contributed by atoms with Gasteiger partial charge in [0.15, 0.2) is 5.13 Å². The molecule has 0 amide bonds. The fraction of sp³-hybridized carbons (Fsp3) is 0.500. The van der Waals surface area contributed by atoms with Crippen LogP contribution in [0, 0.1) is 13.8 Å². The highest BCUT2D eigenvalue weighted by molar-refractivity contribution is 7.14. The molecule has 0 unspecified atom stereocenters. The zero-order valence-electron chi connectivity index (χ0n) is 12.0. The molecule has 0 atom stereocenters. The van der Waals surface area contributed by atoms with Crippen molar-refractivity contribution in [1.82, 2.24) is 9.55 Å². The average molecular weight is 263 g/mol. The number of thiazole rings is 1. The Morgan fingerprint density at radius 1 is 1.28 bits per heavy atom. The Hall–Kier alpha value is -1.29. The lowest BCUT2D eigenvalue weighted by molar-refractivity contribution is 0.633. The van der Waals surface area contributed by atoms with Crippen molar-refractivity contribution < 1.29 is 0 Å². The Morgan fingerprint density at radius 2 is 1.94 bits per heavy atom. The second-order valence-electron chi connectivity index (χ2n) is 5.76. The van der Waals surface area contributed by atoms with Gasteiger partial charge < -0.3 is 9.88 Å². The molecule has 3 nitrogen and oxygen atoms in total. The Labute approximate surface area is 113 Å². The summed E-state index contributed by atoms with van der Waals surface area (Å²) in [6.07, 6.45) is 0. The highest BCUT2D eigenvalue weighted by Gasteiger charge is 2.15. The summed E-state index contributed by atoms with van der Waals surface area (Å²) in [7, 11) is 2.09. The summed E-state index contributed by atoms with van der Waals surface area (Å²) in [6.45, 7) is 10.7. The zero-order chi connectivity index (χ0) is 13.5. The molecule has 2 heterocycles. The molecule has 0 aromatic carbocycles. The number of hydrogen-bond acceptors (Lipinski definition) is 3. The standard InChI is InChI=1S/C14H21N3S/c1-9-7-11(10(2)17(9)6)12-8-18-13(15-12)16-14(3,4)5/h7-8H,1-6H3,(H,15,16). The smallest absolute Gasteiger partial charge is 0.183 e. The Morgan fingerprint density at radius 3 is 2.44 bits per heavy atom. The predicted octanol–water partition coefficient (Wildman–Crippen LogP) is 3.98. The maximum Gasteiger partial charge on any atom is 0.183 e. The van der Waals surface area contributed by atoms with Crippen molar-refractivity contribution in [3.05, 3.63) is 22.8 Å². The highest BCUT2D eigenvalue weighted by Crippen LogP contribution is 2.30. The van der Waals surface area contributed by atoms with Crippen LogP contribution in [-0.4, -0.2) is 15.1 Å². The molecule has 0 fully saturated rings. The fourth-order valence-electron chi connectivity index (χ4n) is 1.89. The summed E-state index contributed by atoms with van der Waals surface area (Å²) < 4.78 is 2.20. The van der Waals surface area contributed by atoms with E-state index in [1.54, 1.807) is 11.3 Å². The van der Waals surface area contributed by atoms with Gasteiger partial charge in [-0.15, -0.1) is 11.3 Å². The number of rotatable bonds is 2. The zero-order valence-corrected chi connectivity index (χ0v) is 12.8. The predicted molar refractivity (Wildman–Crippen MR) is 79.4 cm³/mol. The third-order valence-electron chi connectivity index (χ3n) is 3.04. The third-order valence-corrected chi connectivity index (χ3v) is 3.79. The molecule has 0 bridgehead atoms. The lowest BCUT2D eigenvalue weighted by Gasteiger charge is -2.19. The van der Waals surface area contributed by atoms with Gasteiger partial charge in [-0.25, -0.2) is 4.98 Å². The molecule has 4 heteroatoms. The van der Waals surface area contributed by atoms with Crippen LogP contribution in [0.3, 0.4) is 0 Å². The van der Waals surface area contributed by atoms with Gasteiger partial charge in [-0.05, 0) is 40.7 Å². The molecule has 18 heavy (non-hydrogen) atoms. The van der Waals surface area contributed by atoms with Crippen LogP contribution < -0.4 is 5.32 Å². The van der Waals surface area contributed by atoms with Crippen LogP contribution in [-0.2, 0) is 7.05 Å². The molecular weight excluding hydrogens is 242 g/mol. The lowest BCUT2D eigenvalue weighted by Crippen LogP contribution is -2.25. The van der Waals surface area contributed by atoms with Gasteiger partial charge in [0.05, 0.1) is 5.69 Å². The van der Waals surface area contributed by atoms with Crippen molar-refractivity contribution >= 4 is 16.5 Å². The van der Waals surface area contributed by atoms with Crippen LogP contribution in [0.15, 0.2) is 11.4 Å². The van der Waals surface area contributed by atoms with E-state index in [1.807, 2.05) is 0 Å². The molecule has 0 aliphatic carbocycles. The monoisotopic (exact) mass is 263 g/mol. The minimum Gasteiger partial charge on any atom is -0.357 e. The maximum absolute atomic E-state index is 4.68. The van der Waals surface area contributed by atoms with E-state index in [1.165, 1.54) is 17.0 Å². The van der Waals surface area contributed by atoms with Crippen LogP contribution in [0.25, 0.3) is 11.3 Å². The summed E-state index contributed by atoms with van der Waals surface area (Å²) in [6, 6.07) is 2.20. The SMILES string of the molecule is Cc1cc(-c2csc(NC(C)(C)C)n2)c(C)n1C. The average Bonchev–Trinajstić information content (AvgIpc) is 2.77. The molecule has 2 rings (SSSR count). The number of nitrogens with zero attached hydrogens (tertiary/aromatic N) is 2. The molecule has 0 aliphatic rings. The minimum atomic E-state index is 0.0524. The van der Waals surface area contributed by atoms with Crippen molar-refractivity contribution in [2.45, 2.75) is 40.2 Å². The number of hydrogen-bond donors (Lipinski definition) is 1. The second kappa shape index (κ2) is 4.43. The second-order valence-corrected chi connectivity index (χ2v) is 6.61. The summed E-state index contributed by atoms with van der Waals surface area (Å²) in [5, 5.41) is 6.52. The molecule has 98 valence electrons. The molecule has 0 saturated carbocycles. The molecular formula is C14H21N3S. The Kier molecular flexibility index (Phi) is 3.23. The van der Waals surface area contributed by atoms with E-state index in [0.717, 1.165) is 10.8 Å². The van der Waals surface area contributed by atoms with Crippen LogP contribution in [0.4, 0.5) is 5.13 Å². The van der Waals surface area contributed by atoms with Gasteiger partial charge in [-0.2, -0.15) is 0 Å². The lowest BCUT2D eigenvalue weighted by atomic mass is 10.1.